The largest absolute Gasteiger partial charge is 0.497 e. The van der Waals surface area contributed by atoms with E-state index in [1.165, 1.54) is 5.69 Å². The van der Waals surface area contributed by atoms with Gasteiger partial charge in [-0.3, -0.25) is 0 Å². The van der Waals surface area contributed by atoms with Crippen molar-refractivity contribution in [1.82, 2.24) is 4.90 Å². The highest BCUT2D eigenvalue weighted by atomic mass is 32.1. The Balaban J connectivity index is 1.58. The van der Waals surface area contributed by atoms with Crippen LogP contribution in [-0.4, -0.2) is 57.5 Å². The lowest BCUT2D eigenvalue weighted by molar-refractivity contribution is 0.355. The van der Waals surface area contributed by atoms with Crippen LogP contribution in [0, 0.1) is 0 Å². The molecular formula is C20H25N3O3S. The zero-order chi connectivity index (χ0) is 19.2. The molecule has 1 N–H and O–H groups in total. The van der Waals surface area contributed by atoms with E-state index < -0.39 is 0 Å². The zero-order valence-corrected chi connectivity index (χ0v) is 16.7. The van der Waals surface area contributed by atoms with Crippen molar-refractivity contribution in [2.75, 3.05) is 57.7 Å². The van der Waals surface area contributed by atoms with Gasteiger partial charge in [0.05, 0.1) is 21.3 Å². The minimum Gasteiger partial charge on any atom is -0.497 e. The summed E-state index contributed by atoms with van der Waals surface area (Å²) in [5.74, 6) is 2.24. The van der Waals surface area contributed by atoms with E-state index in [0.29, 0.717) is 16.6 Å². The van der Waals surface area contributed by atoms with Crippen LogP contribution in [0.4, 0.5) is 11.4 Å². The first-order valence-corrected chi connectivity index (χ1v) is 9.22. The minimum atomic E-state index is 0.674. The Morgan fingerprint density at radius 1 is 0.889 bits per heavy atom. The lowest BCUT2D eigenvalue weighted by Crippen LogP contribution is -2.50. The molecule has 2 aromatic rings. The molecule has 0 atom stereocenters. The third-order valence-corrected chi connectivity index (χ3v) is 4.98. The Bertz CT molecular complexity index is 792. The molecule has 1 aliphatic heterocycles. The number of hydrogen-bond acceptors (Lipinski definition) is 5. The van der Waals surface area contributed by atoms with Gasteiger partial charge in [0, 0.05) is 49.7 Å². The van der Waals surface area contributed by atoms with Crippen LogP contribution in [0.15, 0.2) is 42.5 Å². The van der Waals surface area contributed by atoms with Crippen LogP contribution in [-0.2, 0) is 0 Å². The molecule has 7 heteroatoms. The summed E-state index contributed by atoms with van der Waals surface area (Å²) in [4.78, 5) is 4.53. The second kappa shape index (κ2) is 8.81. The van der Waals surface area contributed by atoms with Crippen molar-refractivity contribution in [3.8, 4) is 17.2 Å². The first-order chi connectivity index (χ1) is 13.1. The lowest BCUT2D eigenvalue weighted by atomic mass is 10.2. The SMILES string of the molecule is COc1cccc(N2CCN(C(=S)Nc3ccc(OC)c(OC)c3)CC2)c1. The second-order valence-electron chi connectivity index (χ2n) is 6.18. The normalized spacial score (nSPS) is 13.9. The van der Waals surface area contributed by atoms with Crippen LogP contribution in [0.3, 0.4) is 0 Å². The van der Waals surface area contributed by atoms with Crippen LogP contribution in [0.2, 0.25) is 0 Å². The van der Waals surface area contributed by atoms with E-state index in [0.717, 1.165) is 37.6 Å². The average Bonchev–Trinajstić information content (AvgIpc) is 2.73. The predicted octanol–water partition coefficient (Wildman–Crippen LogP) is 3.23. The van der Waals surface area contributed by atoms with E-state index >= 15 is 0 Å². The first-order valence-electron chi connectivity index (χ1n) is 8.81. The summed E-state index contributed by atoms with van der Waals surface area (Å²) in [5, 5.41) is 4.01. The van der Waals surface area contributed by atoms with E-state index in [-0.39, 0.29) is 0 Å². The molecule has 0 spiro atoms. The molecule has 1 aliphatic rings. The van der Waals surface area contributed by atoms with Crippen molar-refractivity contribution in [2.45, 2.75) is 0 Å². The number of rotatable bonds is 5. The van der Waals surface area contributed by atoms with E-state index in [2.05, 4.69) is 27.2 Å². The van der Waals surface area contributed by atoms with Crippen molar-refractivity contribution in [3.05, 3.63) is 42.5 Å². The summed E-state index contributed by atoms with van der Waals surface area (Å²) in [5.41, 5.74) is 2.06. The van der Waals surface area contributed by atoms with Crippen molar-refractivity contribution < 1.29 is 14.2 Å². The summed E-state index contributed by atoms with van der Waals surface area (Å²) in [6, 6.07) is 13.8. The van der Waals surface area contributed by atoms with Crippen LogP contribution in [0.1, 0.15) is 0 Å². The first kappa shape index (κ1) is 19.1. The van der Waals surface area contributed by atoms with E-state index in [1.54, 1.807) is 21.3 Å². The quantitative estimate of drug-likeness (QED) is 0.791. The number of anilines is 2. The summed E-state index contributed by atoms with van der Waals surface area (Å²) in [7, 11) is 4.93. The highest BCUT2D eigenvalue weighted by molar-refractivity contribution is 7.80. The molecule has 2 aromatic carbocycles. The molecule has 144 valence electrons. The Morgan fingerprint density at radius 2 is 1.63 bits per heavy atom. The second-order valence-corrected chi connectivity index (χ2v) is 6.56. The maximum Gasteiger partial charge on any atom is 0.173 e. The number of nitrogens with zero attached hydrogens (tertiary/aromatic N) is 2. The topological polar surface area (TPSA) is 46.2 Å². The molecule has 6 nitrogen and oxygen atoms in total. The Morgan fingerprint density at radius 3 is 2.30 bits per heavy atom. The van der Waals surface area contributed by atoms with E-state index in [1.807, 2.05) is 30.3 Å². The number of thiocarbonyl (C=S) groups is 1. The Labute approximate surface area is 165 Å². The number of methoxy groups -OCH3 is 3. The van der Waals surface area contributed by atoms with Gasteiger partial charge in [0.2, 0.25) is 0 Å². The van der Waals surface area contributed by atoms with Crippen molar-refractivity contribution >= 4 is 28.7 Å². The number of ether oxygens (including phenoxy) is 3. The molecule has 0 bridgehead atoms. The zero-order valence-electron chi connectivity index (χ0n) is 15.9. The van der Waals surface area contributed by atoms with Gasteiger partial charge in [-0.25, -0.2) is 0 Å². The van der Waals surface area contributed by atoms with Gasteiger partial charge in [-0.05, 0) is 36.5 Å². The van der Waals surface area contributed by atoms with Crippen LogP contribution in [0.5, 0.6) is 17.2 Å². The van der Waals surface area contributed by atoms with Gasteiger partial charge in [0.1, 0.15) is 5.75 Å². The summed E-state index contributed by atoms with van der Waals surface area (Å²) < 4.78 is 15.9. The van der Waals surface area contributed by atoms with Crippen LogP contribution < -0.4 is 24.4 Å². The summed E-state index contributed by atoms with van der Waals surface area (Å²) in [6.07, 6.45) is 0. The smallest absolute Gasteiger partial charge is 0.173 e. The molecule has 1 heterocycles. The number of benzene rings is 2. The molecule has 1 fully saturated rings. The molecule has 3 rings (SSSR count). The Kier molecular flexibility index (Phi) is 6.24. The predicted molar refractivity (Wildman–Crippen MR) is 113 cm³/mol. The number of piperazine rings is 1. The number of hydrogen-bond donors (Lipinski definition) is 1. The maximum atomic E-state index is 5.60. The van der Waals surface area contributed by atoms with Gasteiger partial charge in [-0.2, -0.15) is 0 Å². The monoisotopic (exact) mass is 387 g/mol. The molecule has 0 aliphatic carbocycles. The molecule has 0 unspecified atom stereocenters. The lowest BCUT2D eigenvalue weighted by Gasteiger charge is -2.37. The van der Waals surface area contributed by atoms with Crippen molar-refractivity contribution in [1.29, 1.82) is 0 Å². The molecule has 0 saturated carbocycles. The average molecular weight is 388 g/mol. The van der Waals surface area contributed by atoms with Gasteiger partial charge < -0.3 is 29.3 Å². The fourth-order valence-corrected chi connectivity index (χ4v) is 3.39. The Hall–Kier alpha value is -2.67. The third kappa shape index (κ3) is 4.54. The fraction of sp³-hybridized carbons (Fsp3) is 0.350. The molecule has 1 saturated heterocycles. The molecule has 0 amide bonds. The van der Waals surface area contributed by atoms with E-state index in [4.69, 9.17) is 26.4 Å². The van der Waals surface area contributed by atoms with Gasteiger partial charge in [0.15, 0.2) is 16.6 Å². The van der Waals surface area contributed by atoms with Crippen molar-refractivity contribution in [3.63, 3.8) is 0 Å². The fourth-order valence-electron chi connectivity index (χ4n) is 3.09. The number of nitrogens with one attached hydrogen (secondary N) is 1. The molecule has 0 radical (unpaired) electrons. The van der Waals surface area contributed by atoms with Gasteiger partial charge in [-0.15, -0.1) is 0 Å². The summed E-state index contributed by atoms with van der Waals surface area (Å²) >= 11 is 5.60. The van der Waals surface area contributed by atoms with Crippen LogP contribution >= 0.6 is 12.2 Å². The third-order valence-electron chi connectivity index (χ3n) is 4.62. The van der Waals surface area contributed by atoms with Crippen LogP contribution in [0.25, 0.3) is 0 Å². The molecule has 0 aromatic heterocycles. The highest BCUT2D eigenvalue weighted by Crippen LogP contribution is 2.30. The van der Waals surface area contributed by atoms with Gasteiger partial charge >= 0.3 is 0 Å². The van der Waals surface area contributed by atoms with Gasteiger partial charge in [-0.1, -0.05) is 6.07 Å². The van der Waals surface area contributed by atoms with Gasteiger partial charge in [0.25, 0.3) is 0 Å². The maximum absolute atomic E-state index is 5.60. The van der Waals surface area contributed by atoms with Crippen molar-refractivity contribution in [2.24, 2.45) is 0 Å². The minimum absolute atomic E-state index is 0.674. The standard InChI is InChI=1S/C20H25N3O3S/c1-24-17-6-4-5-16(14-17)22-9-11-23(12-10-22)20(27)21-15-7-8-18(25-2)19(13-15)26-3/h4-8,13-14H,9-12H2,1-3H3,(H,21,27). The van der Waals surface area contributed by atoms with E-state index in [9.17, 15) is 0 Å². The molecular weight excluding hydrogens is 362 g/mol. The summed E-state index contributed by atoms with van der Waals surface area (Å²) in [6.45, 7) is 3.52. The molecule has 27 heavy (non-hydrogen) atoms. The highest BCUT2D eigenvalue weighted by Gasteiger charge is 2.20.